The van der Waals surface area contributed by atoms with Crippen molar-refractivity contribution in [1.82, 2.24) is 5.01 Å². The molecule has 3 N–H and O–H groups in total. The highest BCUT2D eigenvalue weighted by molar-refractivity contribution is 5.39. The highest BCUT2D eigenvalue weighted by atomic mass is 16.3. The van der Waals surface area contributed by atoms with Crippen LogP contribution in [0.5, 0.6) is 5.75 Å². The van der Waals surface area contributed by atoms with Crippen molar-refractivity contribution in [1.29, 1.82) is 0 Å². The van der Waals surface area contributed by atoms with Crippen molar-refractivity contribution in [3.05, 3.63) is 65.2 Å². The van der Waals surface area contributed by atoms with E-state index >= 15 is 0 Å². The minimum atomic E-state index is 0.0771. The average molecular weight is 338 g/mol. The third kappa shape index (κ3) is 4.05. The molecule has 3 heteroatoms. The van der Waals surface area contributed by atoms with Crippen LogP contribution in [0.15, 0.2) is 48.5 Å². The number of rotatable bonds is 3. The van der Waals surface area contributed by atoms with E-state index in [2.05, 4.69) is 51.1 Å². The lowest BCUT2D eigenvalue weighted by molar-refractivity contribution is 0.0923. The molecular formula is C22H30N2O. The standard InChI is InChI=1S/C22H30N2O/c1-22(2,3)19-11-12-20(25)18(15-19)14-17-10-7-13-24(23)21(17)16-8-5-4-6-9-16/h4-6,8-9,11-12,15,17,21,25H,7,10,13-14,23H2,1-3H3. The third-order valence-corrected chi connectivity index (χ3v) is 5.36. The lowest BCUT2D eigenvalue weighted by Gasteiger charge is -2.39. The van der Waals surface area contributed by atoms with Crippen LogP contribution in [-0.2, 0) is 11.8 Å². The van der Waals surface area contributed by atoms with Crippen LogP contribution < -0.4 is 5.84 Å². The maximum absolute atomic E-state index is 10.4. The summed E-state index contributed by atoms with van der Waals surface area (Å²) in [7, 11) is 0. The number of hydrogen-bond donors (Lipinski definition) is 2. The predicted octanol–water partition coefficient (Wildman–Crippen LogP) is 4.56. The quantitative estimate of drug-likeness (QED) is 0.807. The molecule has 1 saturated heterocycles. The Morgan fingerprint density at radius 3 is 2.52 bits per heavy atom. The lowest BCUT2D eigenvalue weighted by atomic mass is 9.80. The van der Waals surface area contributed by atoms with Crippen molar-refractivity contribution >= 4 is 0 Å². The molecular weight excluding hydrogens is 308 g/mol. The van der Waals surface area contributed by atoms with Crippen molar-refractivity contribution in [2.45, 2.75) is 51.5 Å². The minimum absolute atomic E-state index is 0.0771. The zero-order chi connectivity index (χ0) is 18.0. The van der Waals surface area contributed by atoms with E-state index in [1.165, 1.54) is 11.1 Å². The van der Waals surface area contributed by atoms with Gasteiger partial charge in [0.15, 0.2) is 0 Å². The molecule has 0 aromatic heterocycles. The normalized spacial score (nSPS) is 22.1. The van der Waals surface area contributed by atoms with Crippen LogP contribution in [0.3, 0.4) is 0 Å². The van der Waals surface area contributed by atoms with Gasteiger partial charge in [0.2, 0.25) is 0 Å². The fourth-order valence-corrected chi connectivity index (χ4v) is 3.93. The topological polar surface area (TPSA) is 49.5 Å². The summed E-state index contributed by atoms with van der Waals surface area (Å²) < 4.78 is 0. The Hall–Kier alpha value is -1.84. The monoisotopic (exact) mass is 338 g/mol. The summed E-state index contributed by atoms with van der Waals surface area (Å²) in [5.41, 5.74) is 3.64. The second-order valence-corrected chi connectivity index (χ2v) is 8.29. The van der Waals surface area contributed by atoms with E-state index in [0.29, 0.717) is 11.7 Å². The molecule has 134 valence electrons. The van der Waals surface area contributed by atoms with Gasteiger partial charge < -0.3 is 5.11 Å². The molecule has 1 aliphatic rings. The molecule has 0 amide bonds. The maximum Gasteiger partial charge on any atom is 0.118 e. The van der Waals surface area contributed by atoms with Crippen molar-refractivity contribution in [3.8, 4) is 5.75 Å². The van der Waals surface area contributed by atoms with Crippen LogP contribution >= 0.6 is 0 Å². The zero-order valence-corrected chi connectivity index (χ0v) is 15.6. The molecule has 0 saturated carbocycles. The van der Waals surface area contributed by atoms with E-state index in [4.69, 9.17) is 5.84 Å². The number of nitrogens with two attached hydrogens (primary N) is 1. The van der Waals surface area contributed by atoms with Gasteiger partial charge in [0, 0.05) is 6.54 Å². The number of aromatic hydroxyl groups is 1. The SMILES string of the molecule is CC(C)(C)c1ccc(O)c(CC2CCCN(N)C2c2ccccc2)c1. The molecule has 3 rings (SSSR count). The van der Waals surface area contributed by atoms with Crippen LogP contribution in [0.1, 0.15) is 56.3 Å². The van der Waals surface area contributed by atoms with Crippen molar-refractivity contribution in [2.24, 2.45) is 11.8 Å². The predicted molar refractivity (Wildman–Crippen MR) is 103 cm³/mol. The van der Waals surface area contributed by atoms with Gasteiger partial charge >= 0.3 is 0 Å². The van der Waals surface area contributed by atoms with E-state index in [9.17, 15) is 5.11 Å². The van der Waals surface area contributed by atoms with E-state index in [1.54, 1.807) is 0 Å². The second kappa shape index (κ2) is 7.19. The first-order chi connectivity index (χ1) is 11.9. The van der Waals surface area contributed by atoms with Crippen LogP contribution in [0, 0.1) is 5.92 Å². The summed E-state index contributed by atoms with van der Waals surface area (Å²) in [5, 5.41) is 12.4. The van der Waals surface area contributed by atoms with Crippen molar-refractivity contribution in [3.63, 3.8) is 0 Å². The zero-order valence-electron chi connectivity index (χ0n) is 15.6. The second-order valence-electron chi connectivity index (χ2n) is 8.29. The first-order valence-corrected chi connectivity index (χ1v) is 9.25. The van der Waals surface area contributed by atoms with Gasteiger partial charge in [-0.25, -0.2) is 5.01 Å². The Labute approximate surface area is 151 Å². The van der Waals surface area contributed by atoms with Crippen LogP contribution in [-0.4, -0.2) is 16.7 Å². The van der Waals surface area contributed by atoms with E-state index in [0.717, 1.165) is 31.4 Å². The lowest BCUT2D eigenvalue weighted by Crippen LogP contribution is -2.44. The first-order valence-electron chi connectivity index (χ1n) is 9.25. The molecule has 0 bridgehead atoms. The fourth-order valence-electron chi connectivity index (χ4n) is 3.93. The van der Waals surface area contributed by atoms with Gasteiger partial charge in [0.25, 0.3) is 0 Å². The summed E-state index contributed by atoms with van der Waals surface area (Å²) in [4.78, 5) is 0. The molecule has 0 aliphatic carbocycles. The molecule has 2 aromatic carbocycles. The Balaban J connectivity index is 1.90. The number of benzene rings is 2. The molecule has 1 fully saturated rings. The number of phenolic OH excluding ortho intramolecular Hbond substituents is 1. The fraction of sp³-hybridized carbons (Fsp3) is 0.455. The van der Waals surface area contributed by atoms with Crippen LogP contribution in [0.25, 0.3) is 0 Å². The number of piperidine rings is 1. The first kappa shape index (κ1) is 18.0. The maximum atomic E-state index is 10.4. The summed E-state index contributed by atoms with van der Waals surface area (Å²) >= 11 is 0. The van der Waals surface area contributed by atoms with Gasteiger partial charge in [-0.15, -0.1) is 0 Å². The average Bonchev–Trinajstić information content (AvgIpc) is 2.57. The van der Waals surface area contributed by atoms with Crippen LogP contribution in [0.2, 0.25) is 0 Å². The number of hydrazine groups is 1. The Morgan fingerprint density at radius 1 is 1.12 bits per heavy atom. The molecule has 1 heterocycles. The van der Waals surface area contributed by atoms with E-state index in [1.807, 2.05) is 23.2 Å². The van der Waals surface area contributed by atoms with Gasteiger partial charge in [0.1, 0.15) is 5.75 Å². The van der Waals surface area contributed by atoms with Gasteiger partial charge in [-0.05, 0) is 53.4 Å². The van der Waals surface area contributed by atoms with Crippen LogP contribution in [0.4, 0.5) is 0 Å². The van der Waals surface area contributed by atoms with Crippen molar-refractivity contribution in [2.75, 3.05) is 6.54 Å². The summed E-state index contributed by atoms with van der Waals surface area (Å²) in [6.45, 7) is 7.54. The Bertz CT molecular complexity index is 706. The number of hydrogen-bond acceptors (Lipinski definition) is 3. The molecule has 25 heavy (non-hydrogen) atoms. The highest BCUT2D eigenvalue weighted by Crippen LogP contribution is 2.38. The van der Waals surface area contributed by atoms with Gasteiger partial charge in [0.05, 0.1) is 6.04 Å². The van der Waals surface area contributed by atoms with Gasteiger partial charge in [-0.3, -0.25) is 5.84 Å². The molecule has 0 spiro atoms. The molecule has 2 atom stereocenters. The largest absolute Gasteiger partial charge is 0.508 e. The van der Waals surface area contributed by atoms with E-state index < -0.39 is 0 Å². The summed E-state index contributed by atoms with van der Waals surface area (Å²) in [5.74, 6) is 7.17. The highest BCUT2D eigenvalue weighted by Gasteiger charge is 2.31. The minimum Gasteiger partial charge on any atom is -0.508 e. The van der Waals surface area contributed by atoms with Crippen molar-refractivity contribution < 1.29 is 5.11 Å². The Morgan fingerprint density at radius 2 is 1.84 bits per heavy atom. The van der Waals surface area contributed by atoms with E-state index in [-0.39, 0.29) is 11.5 Å². The third-order valence-electron chi connectivity index (χ3n) is 5.36. The number of nitrogens with zero attached hydrogens (tertiary/aromatic N) is 1. The molecule has 2 aromatic rings. The summed E-state index contributed by atoms with van der Waals surface area (Å²) in [6.07, 6.45) is 3.08. The number of phenols is 1. The molecule has 3 nitrogen and oxygen atoms in total. The van der Waals surface area contributed by atoms with Gasteiger partial charge in [-0.2, -0.15) is 0 Å². The van der Waals surface area contributed by atoms with Gasteiger partial charge in [-0.1, -0.05) is 63.2 Å². The summed E-state index contributed by atoms with van der Waals surface area (Å²) in [6, 6.07) is 16.8. The smallest absolute Gasteiger partial charge is 0.118 e. The molecule has 2 unspecified atom stereocenters. The molecule has 0 radical (unpaired) electrons. The molecule has 1 aliphatic heterocycles. The Kier molecular flexibility index (Phi) is 5.16.